The molecule has 3 aromatic rings. The SMILES string of the molecule is CC(C)c1ncc(C(CNC(=O)c2cccc3nc(NC4CC4)ccc23)N2CCC(F)(F)CC2)cn1. The Morgan fingerprint density at radius 1 is 1.11 bits per heavy atom. The Balaban J connectivity index is 1.34. The molecule has 1 aliphatic carbocycles. The van der Waals surface area contributed by atoms with Gasteiger partial charge in [-0.25, -0.2) is 23.7 Å². The molecule has 1 aliphatic heterocycles. The van der Waals surface area contributed by atoms with Crippen LogP contribution in [0.1, 0.15) is 73.2 Å². The van der Waals surface area contributed by atoms with E-state index >= 15 is 0 Å². The number of hydrogen-bond acceptors (Lipinski definition) is 6. The number of aromatic nitrogens is 3. The topological polar surface area (TPSA) is 83.0 Å². The van der Waals surface area contributed by atoms with E-state index in [2.05, 4.69) is 25.6 Å². The molecule has 2 fully saturated rings. The maximum absolute atomic E-state index is 13.8. The minimum absolute atomic E-state index is 0.186. The third-order valence-corrected chi connectivity index (χ3v) is 6.93. The fraction of sp³-hybridized carbons (Fsp3) is 0.481. The zero-order valence-corrected chi connectivity index (χ0v) is 20.7. The van der Waals surface area contributed by atoms with Gasteiger partial charge in [0.25, 0.3) is 11.8 Å². The van der Waals surface area contributed by atoms with Crippen LogP contribution in [0.25, 0.3) is 10.9 Å². The normalized spacial score (nSPS) is 18.8. The van der Waals surface area contributed by atoms with E-state index in [9.17, 15) is 13.6 Å². The van der Waals surface area contributed by atoms with Crippen molar-refractivity contribution >= 4 is 22.6 Å². The Hall–Kier alpha value is -3.20. The number of anilines is 1. The molecule has 2 N–H and O–H groups in total. The zero-order valence-electron chi connectivity index (χ0n) is 20.7. The number of halogens is 2. The van der Waals surface area contributed by atoms with Crippen LogP contribution in [0.5, 0.6) is 0 Å². The number of rotatable bonds is 8. The van der Waals surface area contributed by atoms with Crippen molar-refractivity contribution in [3.8, 4) is 0 Å². The van der Waals surface area contributed by atoms with Gasteiger partial charge in [0, 0.05) is 73.3 Å². The maximum atomic E-state index is 13.8. The van der Waals surface area contributed by atoms with Crippen LogP contribution < -0.4 is 10.6 Å². The third-order valence-electron chi connectivity index (χ3n) is 6.93. The van der Waals surface area contributed by atoms with Gasteiger partial charge in [-0.1, -0.05) is 19.9 Å². The predicted molar refractivity (Wildman–Crippen MR) is 135 cm³/mol. The number of fused-ring (bicyclic) bond motifs is 1. The molecule has 0 spiro atoms. The van der Waals surface area contributed by atoms with Crippen molar-refractivity contribution < 1.29 is 13.6 Å². The number of benzene rings is 1. The zero-order chi connectivity index (χ0) is 25.3. The number of pyridine rings is 1. The molecule has 5 rings (SSSR count). The van der Waals surface area contributed by atoms with Gasteiger partial charge in [0.05, 0.1) is 11.6 Å². The Kier molecular flexibility index (Phi) is 6.83. The van der Waals surface area contributed by atoms with Gasteiger partial charge < -0.3 is 10.6 Å². The summed E-state index contributed by atoms with van der Waals surface area (Å²) in [6.07, 6.45) is 5.42. The van der Waals surface area contributed by atoms with E-state index in [0.717, 1.165) is 41.0 Å². The van der Waals surface area contributed by atoms with Gasteiger partial charge in [0.2, 0.25) is 0 Å². The van der Waals surface area contributed by atoms with Gasteiger partial charge in [0.1, 0.15) is 11.6 Å². The molecule has 3 heterocycles. The van der Waals surface area contributed by atoms with Crippen molar-refractivity contribution in [1.82, 2.24) is 25.2 Å². The number of hydrogen-bond donors (Lipinski definition) is 2. The first-order valence-electron chi connectivity index (χ1n) is 12.7. The summed E-state index contributed by atoms with van der Waals surface area (Å²) in [6.45, 7) is 4.79. The predicted octanol–water partition coefficient (Wildman–Crippen LogP) is 4.92. The van der Waals surface area contributed by atoms with Crippen LogP contribution in [0.15, 0.2) is 42.7 Å². The molecule has 1 atom stereocenters. The molecule has 2 aromatic heterocycles. The van der Waals surface area contributed by atoms with E-state index in [0.29, 0.717) is 11.6 Å². The van der Waals surface area contributed by atoms with E-state index in [-0.39, 0.29) is 50.3 Å². The van der Waals surface area contributed by atoms with Crippen molar-refractivity contribution in [1.29, 1.82) is 0 Å². The minimum atomic E-state index is -2.65. The quantitative estimate of drug-likeness (QED) is 0.462. The molecule has 1 amide bonds. The largest absolute Gasteiger partial charge is 0.367 e. The van der Waals surface area contributed by atoms with Crippen molar-refractivity contribution in [2.45, 2.75) is 63.5 Å². The molecule has 0 radical (unpaired) electrons. The van der Waals surface area contributed by atoms with Crippen LogP contribution in [0.3, 0.4) is 0 Å². The summed E-state index contributed by atoms with van der Waals surface area (Å²) >= 11 is 0. The molecule has 190 valence electrons. The second-order valence-electron chi connectivity index (χ2n) is 10.1. The summed E-state index contributed by atoms with van der Waals surface area (Å²) in [4.78, 5) is 28.9. The van der Waals surface area contributed by atoms with E-state index in [1.807, 2.05) is 43.0 Å². The Morgan fingerprint density at radius 3 is 2.50 bits per heavy atom. The van der Waals surface area contributed by atoms with E-state index in [1.54, 1.807) is 18.5 Å². The van der Waals surface area contributed by atoms with Crippen LogP contribution in [0.2, 0.25) is 0 Å². The van der Waals surface area contributed by atoms with E-state index < -0.39 is 5.92 Å². The van der Waals surface area contributed by atoms with Crippen molar-refractivity contribution in [3.05, 3.63) is 59.7 Å². The molecular formula is C27H32F2N6O. The molecule has 36 heavy (non-hydrogen) atoms. The van der Waals surface area contributed by atoms with Gasteiger partial charge in [-0.15, -0.1) is 0 Å². The lowest BCUT2D eigenvalue weighted by Gasteiger charge is -2.37. The van der Waals surface area contributed by atoms with Crippen molar-refractivity contribution in [3.63, 3.8) is 0 Å². The first-order chi connectivity index (χ1) is 17.3. The molecular weight excluding hydrogens is 462 g/mol. The lowest BCUT2D eigenvalue weighted by atomic mass is 10.0. The second-order valence-corrected chi connectivity index (χ2v) is 10.1. The average molecular weight is 495 g/mol. The lowest BCUT2D eigenvalue weighted by Crippen LogP contribution is -2.45. The van der Waals surface area contributed by atoms with Crippen LogP contribution in [-0.2, 0) is 0 Å². The molecule has 1 saturated carbocycles. The highest BCUT2D eigenvalue weighted by Gasteiger charge is 2.37. The number of nitrogens with one attached hydrogen (secondary N) is 2. The number of nitrogens with zero attached hydrogens (tertiary/aromatic N) is 4. The summed E-state index contributed by atoms with van der Waals surface area (Å²) in [5, 5.41) is 7.19. The van der Waals surface area contributed by atoms with Crippen LogP contribution in [-0.4, -0.2) is 57.4 Å². The standard InChI is InChI=1S/C27H32F2N6O/c1-17(2)25-30-14-18(15-31-25)23(35-12-10-27(28,29)11-13-35)16-32-26(36)21-4-3-5-22-20(21)8-9-24(34-22)33-19-6-7-19/h3-5,8-9,14-15,17,19,23H,6-7,10-13,16H2,1-2H3,(H,32,36)(H,33,34). The van der Waals surface area contributed by atoms with E-state index in [4.69, 9.17) is 0 Å². The van der Waals surface area contributed by atoms with Crippen molar-refractivity contribution in [2.24, 2.45) is 0 Å². The van der Waals surface area contributed by atoms with Gasteiger partial charge in [-0.2, -0.15) is 0 Å². The summed E-state index contributed by atoms with van der Waals surface area (Å²) < 4.78 is 27.7. The fourth-order valence-corrected chi connectivity index (χ4v) is 4.59. The average Bonchev–Trinajstić information content (AvgIpc) is 3.68. The lowest BCUT2D eigenvalue weighted by molar-refractivity contribution is -0.0632. The summed E-state index contributed by atoms with van der Waals surface area (Å²) in [6, 6.07) is 9.53. The highest BCUT2D eigenvalue weighted by Crippen LogP contribution is 2.32. The monoisotopic (exact) mass is 494 g/mol. The number of alkyl halides is 2. The summed E-state index contributed by atoms with van der Waals surface area (Å²) in [5.74, 6) is -1.14. The highest BCUT2D eigenvalue weighted by atomic mass is 19.3. The molecule has 0 bridgehead atoms. The molecule has 1 unspecified atom stereocenters. The Labute approximate surface area is 209 Å². The molecule has 7 nitrogen and oxygen atoms in total. The molecule has 2 aliphatic rings. The Morgan fingerprint density at radius 2 is 1.83 bits per heavy atom. The summed E-state index contributed by atoms with van der Waals surface area (Å²) in [5.41, 5.74) is 2.09. The first-order valence-corrected chi connectivity index (χ1v) is 12.7. The minimum Gasteiger partial charge on any atom is -0.367 e. The van der Waals surface area contributed by atoms with E-state index in [1.165, 1.54) is 0 Å². The summed E-state index contributed by atoms with van der Waals surface area (Å²) in [7, 11) is 0. The second kappa shape index (κ2) is 10.0. The van der Waals surface area contributed by atoms with Gasteiger partial charge in [-0.3, -0.25) is 9.69 Å². The number of piperidine rings is 1. The van der Waals surface area contributed by atoms with Gasteiger partial charge in [0.15, 0.2) is 0 Å². The van der Waals surface area contributed by atoms with Crippen LogP contribution in [0.4, 0.5) is 14.6 Å². The molecule has 1 aromatic carbocycles. The van der Waals surface area contributed by atoms with Crippen LogP contribution >= 0.6 is 0 Å². The first kappa shape index (κ1) is 24.5. The molecule has 9 heteroatoms. The molecule has 1 saturated heterocycles. The highest BCUT2D eigenvalue weighted by molar-refractivity contribution is 6.06. The van der Waals surface area contributed by atoms with Gasteiger partial charge in [-0.05, 0) is 37.1 Å². The number of carbonyl (C=O) groups is 1. The van der Waals surface area contributed by atoms with Crippen LogP contribution in [0, 0.1) is 0 Å². The third kappa shape index (κ3) is 5.61. The number of amides is 1. The smallest absolute Gasteiger partial charge is 0.252 e. The number of carbonyl (C=O) groups excluding carboxylic acids is 1. The maximum Gasteiger partial charge on any atom is 0.252 e. The number of likely N-dealkylation sites (tertiary alicyclic amines) is 1. The Bertz CT molecular complexity index is 1220. The van der Waals surface area contributed by atoms with Crippen molar-refractivity contribution in [2.75, 3.05) is 25.0 Å². The fourth-order valence-electron chi connectivity index (χ4n) is 4.59. The van der Waals surface area contributed by atoms with Gasteiger partial charge >= 0.3 is 0 Å².